The molecule has 16 heavy (non-hydrogen) atoms. The number of carbonyl (C=O) groups is 1. The molecule has 0 saturated carbocycles. The molecule has 88 valence electrons. The first kappa shape index (κ1) is 12.9. The van der Waals surface area contributed by atoms with E-state index in [-0.39, 0.29) is 5.91 Å². The minimum atomic E-state index is 0.139. The molecule has 0 aliphatic carbocycles. The molecule has 0 bridgehead atoms. The predicted octanol–water partition coefficient (Wildman–Crippen LogP) is 1.63. The second-order valence-electron chi connectivity index (χ2n) is 3.73. The van der Waals surface area contributed by atoms with Gasteiger partial charge in [-0.05, 0) is 24.0 Å². The summed E-state index contributed by atoms with van der Waals surface area (Å²) in [6.07, 6.45) is 2.46. The van der Waals surface area contributed by atoms with Crippen LogP contribution in [0.2, 0.25) is 0 Å². The lowest BCUT2D eigenvalue weighted by Gasteiger charge is -2.16. The van der Waals surface area contributed by atoms with Crippen LogP contribution in [0.3, 0.4) is 0 Å². The van der Waals surface area contributed by atoms with Gasteiger partial charge in [0.1, 0.15) is 0 Å². The zero-order chi connectivity index (χ0) is 12.0. The number of thioether (sulfide) groups is 1. The van der Waals surface area contributed by atoms with Crippen molar-refractivity contribution in [3.63, 3.8) is 0 Å². The highest BCUT2D eigenvalue weighted by Gasteiger charge is 2.08. The average molecular weight is 238 g/mol. The number of amides is 1. The molecular weight excluding hydrogens is 220 g/mol. The van der Waals surface area contributed by atoms with E-state index < -0.39 is 0 Å². The van der Waals surface area contributed by atoms with Crippen LogP contribution in [-0.2, 0) is 11.2 Å². The first-order valence-electron chi connectivity index (χ1n) is 5.21. The molecule has 0 spiro atoms. The summed E-state index contributed by atoms with van der Waals surface area (Å²) >= 11 is 1.74. The first-order chi connectivity index (χ1) is 7.63. The Balaban J connectivity index is 2.50. The number of hydrogen-bond acceptors (Lipinski definition) is 3. The molecule has 2 N–H and O–H groups in total. The van der Waals surface area contributed by atoms with E-state index in [1.165, 1.54) is 0 Å². The second kappa shape index (κ2) is 6.43. The van der Waals surface area contributed by atoms with Crippen molar-refractivity contribution in [1.82, 2.24) is 4.90 Å². The minimum absolute atomic E-state index is 0.139. The monoisotopic (exact) mass is 238 g/mol. The summed E-state index contributed by atoms with van der Waals surface area (Å²) in [4.78, 5) is 13.6. The molecule has 0 heterocycles. The van der Waals surface area contributed by atoms with Crippen LogP contribution in [0.4, 0.5) is 5.69 Å². The molecule has 4 heteroatoms. The third-order valence-electron chi connectivity index (χ3n) is 2.36. The van der Waals surface area contributed by atoms with Crippen molar-refractivity contribution in [1.29, 1.82) is 0 Å². The van der Waals surface area contributed by atoms with Gasteiger partial charge in [0.15, 0.2) is 0 Å². The molecule has 0 fully saturated rings. The Kier molecular flexibility index (Phi) is 5.19. The number of rotatable bonds is 5. The fourth-order valence-corrected chi connectivity index (χ4v) is 1.82. The quantitative estimate of drug-likeness (QED) is 0.793. The van der Waals surface area contributed by atoms with Gasteiger partial charge in [-0.15, -0.1) is 0 Å². The summed E-state index contributed by atoms with van der Waals surface area (Å²) < 4.78 is 0. The van der Waals surface area contributed by atoms with Crippen LogP contribution >= 0.6 is 11.8 Å². The van der Waals surface area contributed by atoms with Gasteiger partial charge in [-0.2, -0.15) is 11.8 Å². The van der Waals surface area contributed by atoms with E-state index in [0.29, 0.717) is 12.1 Å². The molecule has 1 aromatic carbocycles. The molecule has 0 unspecified atom stereocenters. The average Bonchev–Trinajstić information content (AvgIpc) is 2.25. The van der Waals surface area contributed by atoms with E-state index in [1.807, 2.05) is 37.6 Å². The van der Waals surface area contributed by atoms with Crippen molar-refractivity contribution in [3.8, 4) is 0 Å². The number of hydrogen-bond donors (Lipinski definition) is 1. The van der Waals surface area contributed by atoms with Crippen molar-refractivity contribution < 1.29 is 4.79 Å². The van der Waals surface area contributed by atoms with Gasteiger partial charge in [0.25, 0.3) is 0 Å². The highest BCUT2D eigenvalue weighted by Crippen LogP contribution is 2.08. The molecule has 1 aromatic rings. The smallest absolute Gasteiger partial charge is 0.226 e. The Morgan fingerprint density at radius 1 is 1.50 bits per heavy atom. The number of carbonyl (C=O) groups excluding carboxylic acids is 1. The second-order valence-corrected chi connectivity index (χ2v) is 4.72. The fraction of sp³-hybridized carbons (Fsp3) is 0.417. The van der Waals surface area contributed by atoms with Gasteiger partial charge in [0, 0.05) is 25.0 Å². The number of benzene rings is 1. The summed E-state index contributed by atoms with van der Waals surface area (Å²) in [7, 11) is 1.84. The molecule has 0 aromatic heterocycles. The van der Waals surface area contributed by atoms with Crippen molar-refractivity contribution in [2.75, 3.05) is 31.3 Å². The van der Waals surface area contributed by atoms with Gasteiger partial charge < -0.3 is 10.6 Å². The Morgan fingerprint density at radius 2 is 2.25 bits per heavy atom. The topological polar surface area (TPSA) is 46.3 Å². The predicted molar refractivity (Wildman–Crippen MR) is 70.6 cm³/mol. The van der Waals surface area contributed by atoms with Crippen LogP contribution < -0.4 is 5.73 Å². The summed E-state index contributed by atoms with van der Waals surface area (Å²) in [6, 6.07) is 7.47. The summed E-state index contributed by atoms with van der Waals surface area (Å²) in [5.74, 6) is 1.11. The molecule has 0 aliphatic rings. The van der Waals surface area contributed by atoms with Gasteiger partial charge in [0.05, 0.1) is 6.42 Å². The number of anilines is 1. The van der Waals surface area contributed by atoms with Crippen LogP contribution in [0.5, 0.6) is 0 Å². The van der Waals surface area contributed by atoms with E-state index >= 15 is 0 Å². The van der Waals surface area contributed by atoms with Crippen LogP contribution in [0, 0.1) is 0 Å². The first-order valence-corrected chi connectivity index (χ1v) is 6.60. The third kappa shape index (κ3) is 4.14. The highest BCUT2D eigenvalue weighted by atomic mass is 32.2. The van der Waals surface area contributed by atoms with E-state index in [2.05, 4.69) is 0 Å². The number of nitrogens with zero attached hydrogens (tertiary/aromatic N) is 1. The Morgan fingerprint density at radius 3 is 2.88 bits per heavy atom. The summed E-state index contributed by atoms with van der Waals surface area (Å²) in [6.45, 7) is 0.794. The molecule has 1 amide bonds. The van der Waals surface area contributed by atoms with Gasteiger partial charge in [0.2, 0.25) is 5.91 Å². The lowest BCUT2D eigenvalue weighted by Crippen LogP contribution is -2.30. The number of likely N-dealkylation sites (N-methyl/N-ethyl adjacent to an activating group) is 1. The summed E-state index contributed by atoms with van der Waals surface area (Å²) in [5, 5.41) is 0. The van der Waals surface area contributed by atoms with Crippen molar-refractivity contribution >= 4 is 23.4 Å². The van der Waals surface area contributed by atoms with Crippen LogP contribution in [0.15, 0.2) is 24.3 Å². The van der Waals surface area contributed by atoms with Gasteiger partial charge in [-0.1, -0.05) is 12.1 Å². The zero-order valence-corrected chi connectivity index (χ0v) is 10.6. The lowest BCUT2D eigenvalue weighted by molar-refractivity contribution is -0.128. The molecule has 1 rings (SSSR count). The summed E-state index contributed by atoms with van der Waals surface area (Å²) in [5.41, 5.74) is 7.34. The van der Waals surface area contributed by atoms with Crippen LogP contribution in [0.1, 0.15) is 5.56 Å². The minimum Gasteiger partial charge on any atom is -0.399 e. The number of nitrogen functional groups attached to an aromatic ring is 1. The van der Waals surface area contributed by atoms with E-state index in [9.17, 15) is 4.79 Å². The Bertz CT molecular complexity index is 355. The molecule has 3 nitrogen and oxygen atoms in total. The molecule has 0 aliphatic heterocycles. The van der Waals surface area contributed by atoms with Crippen LogP contribution in [0.25, 0.3) is 0 Å². The van der Waals surface area contributed by atoms with E-state index in [1.54, 1.807) is 16.7 Å². The van der Waals surface area contributed by atoms with Gasteiger partial charge in [-0.25, -0.2) is 0 Å². The van der Waals surface area contributed by atoms with Gasteiger partial charge in [-0.3, -0.25) is 4.79 Å². The molecule has 0 radical (unpaired) electrons. The standard InChI is InChI=1S/C12H18N2OS/c1-14(6-7-16-2)12(15)9-10-4-3-5-11(13)8-10/h3-5,8H,6-7,9,13H2,1-2H3. The molecule has 0 saturated heterocycles. The Labute approximate surface area is 101 Å². The van der Waals surface area contributed by atoms with E-state index in [0.717, 1.165) is 17.9 Å². The fourth-order valence-electron chi connectivity index (χ4n) is 1.37. The van der Waals surface area contributed by atoms with Crippen LogP contribution in [-0.4, -0.2) is 36.4 Å². The maximum Gasteiger partial charge on any atom is 0.226 e. The third-order valence-corrected chi connectivity index (χ3v) is 2.95. The molecule has 0 atom stereocenters. The highest BCUT2D eigenvalue weighted by molar-refractivity contribution is 7.98. The maximum atomic E-state index is 11.8. The zero-order valence-electron chi connectivity index (χ0n) is 9.77. The van der Waals surface area contributed by atoms with Crippen molar-refractivity contribution in [2.45, 2.75) is 6.42 Å². The normalized spacial score (nSPS) is 10.1. The Hall–Kier alpha value is -1.16. The largest absolute Gasteiger partial charge is 0.399 e. The van der Waals surface area contributed by atoms with Gasteiger partial charge >= 0.3 is 0 Å². The van der Waals surface area contributed by atoms with E-state index in [4.69, 9.17) is 5.73 Å². The van der Waals surface area contributed by atoms with Crippen molar-refractivity contribution in [3.05, 3.63) is 29.8 Å². The SMILES string of the molecule is CSCCN(C)C(=O)Cc1cccc(N)c1. The lowest BCUT2D eigenvalue weighted by atomic mass is 10.1. The molecular formula is C12H18N2OS. The number of nitrogens with two attached hydrogens (primary N) is 1. The van der Waals surface area contributed by atoms with Crippen molar-refractivity contribution in [2.24, 2.45) is 0 Å². The maximum absolute atomic E-state index is 11.8.